The zero-order valence-corrected chi connectivity index (χ0v) is 53.5. The minimum atomic E-state index is -0.774. The van der Waals surface area contributed by atoms with Crippen LogP contribution in [0, 0.1) is 0 Å². The van der Waals surface area contributed by atoms with Crippen LogP contribution < -0.4 is 0 Å². The molecule has 0 spiro atoms. The molecule has 466 valence electrons. The van der Waals surface area contributed by atoms with Crippen molar-refractivity contribution in [2.24, 2.45) is 0 Å². The number of carbonyl (C=O) groups is 3. The molecule has 0 aliphatic heterocycles. The average molecular weight is 1130 g/mol. The molecule has 0 aromatic rings. The van der Waals surface area contributed by atoms with E-state index in [2.05, 4.69) is 118 Å². The Balaban J connectivity index is 3.98. The Bertz CT molecular complexity index is 1580. The van der Waals surface area contributed by atoms with Gasteiger partial charge in [-0.15, -0.1) is 0 Å². The second kappa shape index (κ2) is 68.8. The molecule has 6 nitrogen and oxygen atoms in total. The fraction of sp³-hybridized carbons (Fsp3) is 0.747. The molecular formula is C75H130O6. The Labute approximate surface area is 502 Å². The Morgan fingerprint density at radius 2 is 0.481 bits per heavy atom. The molecule has 0 aliphatic rings. The molecule has 0 rings (SSSR count). The van der Waals surface area contributed by atoms with Crippen LogP contribution in [0.2, 0.25) is 0 Å². The van der Waals surface area contributed by atoms with E-state index in [1.54, 1.807) is 0 Å². The Hall–Kier alpha value is -3.67. The summed E-state index contributed by atoms with van der Waals surface area (Å²) in [4.78, 5) is 38.0. The summed E-state index contributed by atoms with van der Waals surface area (Å²) >= 11 is 0. The van der Waals surface area contributed by atoms with E-state index in [9.17, 15) is 14.4 Å². The van der Waals surface area contributed by atoms with Crippen molar-refractivity contribution in [3.63, 3.8) is 0 Å². The molecule has 0 saturated heterocycles. The summed E-state index contributed by atoms with van der Waals surface area (Å²) < 4.78 is 16.8. The molecule has 0 radical (unpaired) electrons. The standard InChI is InChI=1S/C75H130O6/c1-4-7-10-13-15-17-19-21-23-25-27-29-31-33-34-35-36-37-38-39-40-42-43-45-47-49-51-53-55-57-59-62-65-68-74(77)80-71-72(70-79-73(76)67-64-61-12-9-6-3)81-75(78)69-66-63-60-58-56-54-52-50-48-46-44-41-32-30-28-26-24-22-20-18-16-14-11-8-5-2/h7,10,15,17,20-23,26-29,33-34,36-37,72H,4-6,8-9,11-14,16,18-19,24-25,30-32,35,38-71H2,1-3H3/b10-7-,17-15-,22-20-,23-21-,28-26-,29-27-,34-33-,37-36-. The maximum Gasteiger partial charge on any atom is 0.306 e. The third-order valence-corrected chi connectivity index (χ3v) is 15.1. The van der Waals surface area contributed by atoms with E-state index >= 15 is 0 Å². The summed E-state index contributed by atoms with van der Waals surface area (Å²) in [6, 6.07) is 0. The zero-order chi connectivity index (χ0) is 58.5. The lowest BCUT2D eigenvalue weighted by Gasteiger charge is -2.18. The molecule has 81 heavy (non-hydrogen) atoms. The number of esters is 3. The Morgan fingerprint density at radius 1 is 0.259 bits per heavy atom. The topological polar surface area (TPSA) is 78.9 Å². The minimum Gasteiger partial charge on any atom is -0.462 e. The molecule has 1 unspecified atom stereocenters. The summed E-state index contributed by atoms with van der Waals surface area (Å²) in [7, 11) is 0. The van der Waals surface area contributed by atoms with Crippen molar-refractivity contribution in [2.75, 3.05) is 13.2 Å². The maximum absolute atomic E-state index is 12.9. The van der Waals surface area contributed by atoms with Crippen LogP contribution in [0.5, 0.6) is 0 Å². The molecule has 6 heteroatoms. The van der Waals surface area contributed by atoms with Crippen molar-refractivity contribution in [3.8, 4) is 0 Å². The van der Waals surface area contributed by atoms with Crippen LogP contribution in [0.3, 0.4) is 0 Å². The van der Waals surface area contributed by atoms with Gasteiger partial charge in [0.2, 0.25) is 0 Å². The highest BCUT2D eigenvalue weighted by molar-refractivity contribution is 5.71. The molecule has 0 amide bonds. The van der Waals surface area contributed by atoms with Crippen LogP contribution in [-0.2, 0) is 28.6 Å². The summed E-state index contributed by atoms with van der Waals surface area (Å²) in [5, 5.41) is 0. The van der Waals surface area contributed by atoms with Gasteiger partial charge in [-0.2, -0.15) is 0 Å². The van der Waals surface area contributed by atoms with E-state index in [0.717, 1.165) is 109 Å². The van der Waals surface area contributed by atoms with Gasteiger partial charge in [-0.1, -0.05) is 317 Å². The molecular weight excluding hydrogens is 997 g/mol. The molecule has 0 aromatic heterocycles. The van der Waals surface area contributed by atoms with Crippen LogP contribution >= 0.6 is 0 Å². The van der Waals surface area contributed by atoms with Gasteiger partial charge >= 0.3 is 17.9 Å². The quantitative estimate of drug-likeness (QED) is 0.0261. The number of hydrogen-bond donors (Lipinski definition) is 0. The summed E-state index contributed by atoms with van der Waals surface area (Å²) in [5.74, 6) is -0.877. The second-order valence-electron chi connectivity index (χ2n) is 23.1. The van der Waals surface area contributed by atoms with Crippen LogP contribution in [0.25, 0.3) is 0 Å². The third kappa shape index (κ3) is 67.0. The fourth-order valence-corrected chi connectivity index (χ4v) is 9.89. The number of unbranched alkanes of at least 4 members (excludes halogenated alkanes) is 36. The summed E-state index contributed by atoms with van der Waals surface area (Å²) in [6.45, 7) is 6.47. The van der Waals surface area contributed by atoms with Gasteiger partial charge in [-0.3, -0.25) is 14.4 Å². The van der Waals surface area contributed by atoms with E-state index in [1.165, 1.54) is 193 Å². The van der Waals surface area contributed by atoms with Crippen molar-refractivity contribution in [1.29, 1.82) is 0 Å². The normalized spacial score (nSPS) is 12.7. The summed E-state index contributed by atoms with van der Waals surface area (Å²) in [5.41, 5.74) is 0. The first kappa shape index (κ1) is 77.3. The van der Waals surface area contributed by atoms with Gasteiger partial charge in [0.25, 0.3) is 0 Å². The fourth-order valence-electron chi connectivity index (χ4n) is 9.89. The highest BCUT2D eigenvalue weighted by Gasteiger charge is 2.19. The van der Waals surface area contributed by atoms with Crippen LogP contribution in [0.1, 0.15) is 342 Å². The molecule has 0 saturated carbocycles. The van der Waals surface area contributed by atoms with E-state index in [0.29, 0.717) is 19.3 Å². The molecule has 0 aliphatic carbocycles. The maximum atomic E-state index is 12.9. The van der Waals surface area contributed by atoms with E-state index in [1.807, 2.05) is 0 Å². The average Bonchev–Trinajstić information content (AvgIpc) is 3.47. The number of ether oxygens (including phenoxy) is 3. The number of rotatable bonds is 63. The predicted molar refractivity (Wildman–Crippen MR) is 353 cm³/mol. The van der Waals surface area contributed by atoms with Crippen molar-refractivity contribution in [1.82, 2.24) is 0 Å². The lowest BCUT2D eigenvalue weighted by Crippen LogP contribution is -2.30. The van der Waals surface area contributed by atoms with Crippen LogP contribution in [0.4, 0.5) is 0 Å². The van der Waals surface area contributed by atoms with Crippen molar-refractivity contribution in [3.05, 3.63) is 97.2 Å². The van der Waals surface area contributed by atoms with Crippen molar-refractivity contribution < 1.29 is 28.6 Å². The number of hydrogen-bond acceptors (Lipinski definition) is 6. The highest BCUT2D eigenvalue weighted by atomic mass is 16.6. The van der Waals surface area contributed by atoms with E-state index < -0.39 is 6.10 Å². The van der Waals surface area contributed by atoms with Gasteiger partial charge in [0.15, 0.2) is 6.10 Å². The van der Waals surface area contributed by atoms with Gasteiger partial charge < -0.3 is 14.2 Å². The molecule has 0 heterocycles. The first-order chi connectivity index (χ1) is 40.0. The Kier molecular flexibility index (Phi) is 65.7. The number of carbonyl (C=O) groups excluding carboxylic acids is 3. The SMILES string of the molecule is CC/C=C\C/C=C\C/C=C\C/C=C\C/C=C\C/C=C\CCCCCCCCCCCCCCCCC(=O)OCC(COC(=O)CCCCCCC)OC(=O)CCCCCCCCCCCCCCC/C=C\C/C=C\CCCCCCC. The predicted octanol–water partition coefficient (Wildman–Crippen LogP) is 24.0. The monoisotopic (exact) mass is 1130 g/mol. The third-order valence-electron chi connectivity index (χ3n) is 15.1. The largest absolute Gasteiger partial charge is 0.462 e. The van der Waals surface area contributed by atoms with Gasteiger partial charge in [-0.25, -0.2) is 0 Å². The first-order valence-corrected chi connectivity index (χ1v) is 34.7. The first-order valence-electron chi connectivity index (χ1n) is 34.7. The highest BCUT2D eigenvalue weighted by Crippen LogP contribution is 2.17. The van der Waals surface area contributed by atoms with Crippen molar-refractivity contribution >= 4 is 17.9 Å². The molecule has 1 atom stereocenters. The smallest absolute Gasteiger partial charge is 0.306 e. The summed E-state index contributed by atoms with van der Waals surface area (Å²) in [6.07, 6.45) is 93.4. The lowest BCUT2D eigenvalue weighted by molar-refractivity contribution is -0.167. The minimum absolute atomic E-state index is 0.0747. The molecule has 0 bridgehead atoms. The Morgan fingerprint density at radius 3 is 0.753 bits per heavy atom. The lowest BCUT2D eigenvalue weighted by atomic mass is 10.0. The van der Waals surface area contributed by atoms with E-state index in [-0.39, 0.29) is 31.1 Å². The van der Waals surface area contributed by atoms with Gasteiger partial charge in [0, 0.05) is 19.3 Å². The molecule has 0 aromatic carbocycles. The number of allylic oxidation sites excluding steroid dienone is 16. The second-order valence-corrected chi connectivity index (χ2v) is 23.1. The molecule has 0 fully saturated rings. The zero-order valence-electron chi connectivity index (χ0n) is 53.5. The van der Waals surface area contributed by atoms with Crippen LogP contribution in [-0.4, -0.2) is 37.2 Å². The van der Waals surface area contributed by atoms with Gasteiger partial charge in [0.05, 0.1) is 0 Å². The van der Waals surface area contributed by atoms with Crippen molar-refractivity contribution in [2.45, 2.75) is 348 Å². The van der Waals surface area contributed by atoms with Gasteiger partial charge in [0.1, 0.15) is 13.2 Å². The van der Waals surface area contributed by atoms with E-state index in [4.69, 9.17) is 14.2 Å². The van der Waals surface area contributed by atoms with Crippen LogP contribution in [0.15, 0.2) is 97.2 Å². The molecule has 0 N–H and O–H groups in total. The van der Waals surface area contributed by atoms with Gasteiger partial charge in [-0.05, 0) is 103 Å².